The van der Waals surface area contributed by atoms with Gasteiger partial charge in [0.05, 0.1) is 7.11 Å². The first-order chi connectivity index (χ1) is 10.2. The molecule has 21 heavy (non-hydrogen) atoms. The van der Waals surface area contributed by atoms with Crippen LogP contribution in [-0.4, -0.2) is 43.3 Å². The van der Waals surface area contributed by atoms with Gasteiger partial charge in [0.15, 0.2) is 5.11 Å². The van der Waals surface area contributed by atoms with Crippen LogP contribution in [0.4, 0.5) is 0 Å². The first kappa shape index (κ1) is 17.7. The van der Waals surface area contributed by atoms with Gasteiger partial charge in [0, 0.05) is 13.1 Å². The van der Waals surface area contributed by atoms with Crippen molar-refractivity contribution in [2.45, 2.75) is 26.8 Å². The van der Waals surface area contributed by atoms with Gasteiger partial charge in [-0.25, -0.2) is 0 Å². The highest BCUT2D eigenvalue weighted by atomic mass is 32.1. The van der Waals surface area contributed by atoms with E-state index in [1.165, 1.54) is 5.56 Å². The molecule has 0 aliphatic heterocycles. The van der Waals surface area contributed by atoms with Crippen molar-refractivity contribution in [2.24, 2.45) is 0 Å². The Morgan fingerprint density at radius 2 is 1.81 bits per heavy atom. The zero-order chi connectivity index (χ0) is 15.5. The average molecular weight is 309 g/mol. The van der Waals surface area contributed by atoms with E-state index in [4.69, 9.17) is 17.0 Å². The van der Waals surface area contributed by atoms with Crippen LogP contribution in [0.2, 0.25) is 0 Å². The van der Waals surface area contributed by atoms with Crippen molar-refractivity contribution in [3.63, 3.8) is 0 Å². The van der Waals surface area contributed by atoms with Gasteiger partial charge in [0.1, 0.15) is 5.75 Å². The van der Waals surface area contributed by atoms with Crippen LogP contribution in [0, 0.1) is 0 Å². The Morgan fingerprint density at radius 1 is 1.14 bits per heavy atom. The monoisotopic (exact) mass is 309 g/mol. The van der Waals surface area contributed by atoms with Crippen LogP contribution < -0.4 is 15.4 Å². The summed E-state index contributed by atoms with van der Waals surface area (Å²) in [5.41, 5.74) is 1.18. The van der Waals surface area contributed by atoms with E-state index in [1.807, 2.05) is 24.3 Å². The van der Waals surface area contributed by atoms with Gasteiger partial charge in [0.2, 0.25) is 0 Å². The summed E-state index contributed by atoms with van der Waals surface area (Å²) in [5, 5.41) is 7.18. The third-order valence-corrected chi connectivity index (χ3v) is 3.73. The summed E-state index contributed by atoms with van der Waals surface area (Å²) in [6.45, 7) is 9.35. The van der Waals surface area contributed by atoms with Crippen molar-refractivity contribution in [1.29, 1.82) is 0 Å². The number of nitrogens with one attached hydrogen (secondary N) is 2. The van der Waals surface area contributed by atoms with Gasteiger partial charge < -0.3 is 20.3 Å². The molecule has 0 fully saturated rings. The summed E-state index contributed by atoms with van der Waals surface area (Å²) in [4.78, 5) is 2.41. The molecule has 118 valence electrons. The Hall–Kier alpha value is -1.33. The van der Waals surface area contributed by atoms with E-state index in [9.17, 15) is 0 Å². The SMILES string of the molecule is CCN(CC)CCCNC(=S)NCc1ccc(OC)cc1. The number of hydrogen-bond acceptors (Lipinski definition) is 3. The Morgan fingerprint density at radius 3 is 2.38 bits per heavy atom. The topological polar surface area (TPSA) is 36.5 Å². The Bertz CT molecular complexity index is 404. The molecule has 0 aromatic heterocycles. The van der Waals surface area contributed by atoms with Gasteiger partial charge in [-0.15, -0.1) is 0 Å². The van der Waals surface area contributed by atoms with E-state index in [2.05, 4.69) is 29.4 Å². The molecule has 4 nitrogen and oxygen atoms in total. The largest absolute Gasteiger partial charge is 0.497 e. The smallest absolute Gasteiger partial charge is 0.166 e. The quantitative estimate of drug-likeness (QED) is 0.541. The van der Waals surface area contributed by atoms with Gasteiger partial charge in [-0.05, 0) is 56.0 Å². The number of benzene rings is 1. The van der Waals surface area contributed by atoms with Gasteiger partial charge in [-0.2, -0.15) is 0 Å². The number of rotatable bonds is 9. The lowest BCUT2D eigenvalue weighted by molar-refractivity contribution is 0.300. The fourth-order valence-electron chi connectivity index (χ4n) is 2.03. The summed E-state index contributed by atoms with van der Waals surface area (Å²) in [7, 11) is 1.67. The molecule has 0 atom stereocenters. The van der Waals surface area contributed by atoms with Crippen molar-refractivity contribution < 1.29 is 4.74 Å². The molecule has 0 heterocycles. The van der Waals surface area contributed by atoms with Gasteiger partial charge >= 0.3 is 0 Å². The normalized spacial score (nSPS) is 10.5. The number of thiocarbonyl (C=S) groups is 1. The van der Waals surface area contributed by atoms with E-state index in [0.29, 0.717) is 5.11 Å². The predicted octanol–water partition coefficient (Wildman–Crippen LogP) is 2.39. The zero-order valence-electron chi connectivity index (χ0n) is 13.3. The first-order valence-electron chi connectivity index (χ1n) is 7.56. The van der Waals surface area contributed by atoms with E-state index < -0.39 is 0 Å². The molecule has 2 N–H and O–H groups in total. The van der Waals surface area contributed by atoms with Gasteiger partial charge in [-0.1, -0.05) is 26.0 Å². The maximum Gasteiger partial charge on any atom is 0.166 e. The molecule has 0 spiro atoms. The van der Waals surface area contributed by atoms with E-state index >= 15 is 0 Å². The summed E-state index contributed by atoms with van der Waals surface area (Å²) in [6.07, 6.45) is 1.10. The minimum Gasteiger partial charge on any atom is -0.497 e. The second kappa shape index (κ2) is 10.4. The van der Waals surface area contributed by atoms with Crippen molar-refractivity contribution in [2.75, 3.05) is 33.3 Å². The third-order valence-electron chi connectivity index (χ3n) is 3.44. The average Bonchev–Trinajstić information content (AvgIpc) is 2.53. The number of methoxy groups -OCH3 is 1. The summed E-state index contributed by atoms with van der Waals surface area (Å²) in [5.74, 6) is 0.871. The number of hydrogen-bond donors (Lipinski definition) is 2. The molecular formula is C16H27N3OS. The highest BCUT2D eigenvalue weighted by molar-refractivity contribution is 7.80. The van der Waals surface area contributed by atoms with Crippen molar-refractivity contribution >= 4 is 17.3 Å². The molecule has 0 radical (unpaired) electrons. The van der Waals surface area contributed by atoms with Crippen LogP contribution in [0.3, 0.4) is 0 Å². The van der Waals surface area contributed by atoms with E-state index in [0.717, 1.165) is 44.9 Å². The van der Waals surface area contributed by atoms with Gasteiger partial charge in [-0.3, -0.25) is 0 Å². The molecule has 5 heteroatoms. The van der Waals surface area contributed by atoms with E-state index in [-0.39, 0.29) is 0 Å². The number of ether oxygens (including phenoxy) is 1. The summed E-state index contributed by atoms with van der Waals surface area (Å²) in [6, 6.07) is 7.98. The fraction of sp³-hybridized carbons (Fsp3) is 0.562. The maximum absolute atomic E-state index is 5.28. The molecule has 1 rings (SSSR count). The molecular weight excluding hydrogens is 282 g/mol. The Balaban J connectivity index is 2.15. The van der Waals surface area contributed by atoms with E-state index in [1.54, 1.807) is 7.11 Å². The molecule has 0 amide bonds. The van der Waals surface area contributed by atoms with Crippen LogP contribution in [-0.2, 0) is 6.54 Å². The highest BCUT2D eigenvalue weighted by Gasteiger charge is 2.00. The highest BCUT2D eigenvalue weighted by Crippen LogP contribution is 2.10. The molecule has 0 aliphatic carbocycles. The molecule has 0 unspecified atom stereocenters. The minimum absolute atomic E-state index is 0.713. The van der Waals surface area contributed by atoms with Crippen molar-refractivity contribution in [1.82, 2.24) is 15.5 Å². The summed E-state index contributed by atoms with van der Waals surface area (Å²) >= 11 is 5.28. The number of nitrogens with zero attached hydrogens (tertiary/aromatic N) is 1. The Labute approximate surface area is 133 Å². The second-order valence-electron chi connectivity index (χ2n) is 4.84. The van der Waals surface area contributed by atoms with Crippen LogP contribution in [0.25, 0.3) is 0 Å². The lowest BCUT2D eigenvalue weighted by atomic mass is 10.2. The van der Waals surface area contributed by atoms with Gasteiger partial charge in [0.25, 0.3) is 0 Å². The first-order valence-corrected chi connectivity index (χ1v) is 7.97. The standard InChI is InChI=1S/C16H27N3OS/c1-4-19(5-2)12-6-11-17-16(21)18-13-14-7-9-15(20-3)10-8-14/h7-10H,4-6,11-13H2,1-3H3,(H2,17,18,21). The zero-order valence-corrected chi connectivity index (χ0v) is 14.1. The van der Waals surface area contributed by atoms with Crippen LogP contribution in [0.5, 0.6) is 5.75 Å². The molecule has 1 aromatic carbocycles. The second-order valence-corrected chi connectivity index (χ2v) is 5.25. The van der Waals surface area contributed by atoms with Crippen LogP contribution in [0.15, 0.2) is 24.3 Å². The summed E-state index contributed by atoms with van der Waals surface area (Å²) < 4.78 is 5.14. The predicted molar refractivity (Wildman–Crippen MR) is 92.8 cm³/mol. The molecule has 0 saturated carbocycles. The molecule has 0 saturated heterocycles. The molecule has 0 aliphatic rings. The minimum atomic E-state index is 0.713. The lowest BCUT2D eigenvalue weighted by Gasteiger charge is -2.18. The third kappa shape index (κ3) is 7.29. The van der Waals surface area contributed by atoms with Crippen LogP contribution >= 0.6 is 12.2 Å². The van der Waals surface area contributed by atoms with Crippen molar-refractivity contribution in [3.8, 4) is 5.75 Å². The molecule has 1 aromatic rings. The lowest BCUT2D eigenvalue weighted by Crippen LogP contribution is -2.36. The maximum atomic E-state index is 5.28. The Kier molecular flexibility index (Phi) is 8.78. The molecule has 0 bridgehead atoms. The van der Waals surface area contributed by atoms with Crippen LogP contribution in [0.1, 0.15) is 25.8 Å². The fourth-order valence-corrected chi connectivity index (χ4v) is 2.21. The van der Waals surface area contributed by atoms with Crippen molar-refractivity contribution in [3.05, 3.63) is 29.8 Å².